The molecule has 0 aromatic heterocycles. The number of ether oxygens (including phenoxy) is 2. The van der Waals surface area contributed by atoms with Gasteiger partial charge in [0.15, 0.2) is 0 Å². The van der Waals surface area contributed by atoms with Crippen molar-refractivity contribution in [2.24, 2.45) is 0 Å². The van der Waals surface area contributed by atoms with E-state index in [4.69, 9.17) is 9.47 Å². The molecule has 24 heavy (non-hydrogen) atoms. The van der Waals surface area contributed by atoms with Gasteiger partial charge < -0.3 is 9.47 Å². The van der Waals surface area contributed by atoms with Crippen LogP contribution >= 0.6 is 0 Å². The SMILES string of the molecule is CCC[Si](CCC)(CCC)C1(Oc2ccccc2)CC(=O)OC1=O. The number of carbonyl (C=O) groups excluding carboxylic acids is 2. The van der Waals surface area contributed by atoms with Crippen molar-refractivity contribution in [3.05, 3.63) is 30.3 Å². The summed E-state index contributed by atoms with van der Waals surface area (Å²) < 4.78 is 11.4. The Labute approximate surface area is 145 Å². The largest absolute Gasteiger partial charge is 0.479 e. The van der Waals surface area contributed by atoms with Gasteiger partial charge >= 0.3 is 11.9 Å². The van der Waals surface area contributed by atoms with Crippen molar-refractivity contribution >= 4 is 20.0 Å². The first-order chi connectivity index (χ1) is 11.5. The molecule has 1 fully saturated rings. The third-order valence-electron chi connectivity index (χ3n) is 5.01. The minimum atomic E-state index is -2.22. The lowest BCUT2D eigenvalue weighted by Crippen LogP contribution is -2.64. The van der Waals surface area contributed by atoms with Crippen LogP contribution in [0, 0.1) is 0 Å². The summed E-state index contributed by atoms with van der Waals surface area (Å²) in [6, 6.07) is 12.3. The normalized spacial score (nSPS) is 21.0. The molecule has 5 heteroatoms. The van der Waals surface area contributed by atoms with Gasteiger partial charge in [-0.15, -0.1) is 0 Å². The molecule has 4 nitrogen and oxygen atoms in total. The highest BCUT2D eigenvalue weighted by atomic mass is 28.3. The van der Waals surface area contributed by atoms with Gasteiger partial charge in [-0.2, -0.15) is 0 Å². The van der Waals surface area contributed by atoms with Crippen molar-refractivity contribution in [1.29, 1.82) is 0 Å². The molecule has 0 spiro atoms. The number of benzene rings is 1. The van der Waals surface area contributed by atoms with E-state index in [1.807, 2.05) is 30.3 Å². The number of cyclic esters (lactones) is 2. The number of para-hydroxylation sites is 1. The summed E-state index contributed by atoms with van der Waals surface area (Å²) in [5.41, 5.74) is 0. The third-order valence-corrected chi connectivity index (χ3v) is 11.6. The zero-order chi connectivity index (χ0) is 17.6. The second-order valence-electron chi connectivity index (χ2n) is 6.71. The van der Waals surface area contributed by atoms with Crippen LogP contribution in [0.25, 0.3) is 0 Å². The van der Waals surface area contributed by atoms with Gasteiger partial charge in [-0.05, 0) is 12.1 Å². The molecule has 0 saturated carbocycles. The van der Waals surface area contributed by atoms with Crippen LogP contribution in [-0.2, 0) is 14.3 Å². The number of rotatable bonds is 9. The summed E-state index contributed by atoms with van der Waals surface area (Å²) in [5, 5.41) is -1.08. The second-order valence-corrected chi connectivity index (χ2v) is 11.6. The van der Waals surface area contributed by atoms with Crippen LogP contribution in [0.3, 0.4) is 0 Å². The van der Waals surface area contributed by atoms with Gasteiger partial charge in [-0.3, -0.25) is 4.79 Å². The number of carbonyl (C=O) groups is 2. The molecular weight excluding hydrogens is 320 g/mol. The number of esters is 2. The molecule has 1 aliphatic rings. The van der Waals surface area contributed by atoms with E-state index in [0.717, 1.165) is 37.4 Å². The molecular formula is C19H28O4Si. The highest BCUT2D eigenvalue weighted by Crippen LogP contribution is 2.44. The molecule has 0 radical (unpaired) electrons. The van der Waals surface area contributed by atoms with Crippen molar-refractivity contribution in [3.63, 3.8) is 0 Å². The first-order valence-corrected chi connectivity index (χ1v) is 11.6. The van der Waals surface area contributed by atoms with E-state index in [-0.39, 0.29) is 6.42 Å². The van der Waals surface area contributed by atoms with Crippen molar-refractivity contribution < 1.29 is 19.1 Å². The molecule has 2 rings (SSSR count). The first-order valence-electron chi connectivity index (χ1n) is 9.02. The molecule has 1 aromatic carbocycles. The Bertz CT molecular complexity index is 555. The van der Waals surface area contributed by atoms with E-state index in [2.05, 4.69) is 20.8 Å². The van der Waals surface area contributed by atoms with Crippen LogP contribution in [0.4, 0.5) is 0 Å². The van der Waals surface area contributed by atoms with E-state index in [9.17, 15) is 9.59 Å². The Balaban J connectivity index is 2.53. The topological polar surface area (TPSA) is 52.6 Å². The predicted octanol–water partition coefficient (Wildman–Crippen LogP) is 4.50. The molecule has 1 aromatic rings. The minimum absolute atomic E-state index is 0.0625. The van der Waals surface area contributed by atoms with Gasteiger partial charge in [0.05, 0.1) is 6.42 Å². The Morgan fingerprint density at radius 2 is 1.54 bits per heavy atom. The van der Waals surface area contributed by atoms with Crippen LogP contribution in [0.1, 0.15) is 46.5 Å². The lowest BCUT2D eigenvalue weighted by atomic mass is 10.2. The summed E-state index contributed by atoms with van der Waals surface area (Å²) in [5.74, 6) is -0.265. The monoisotopic (exact) mass is 348 g/mol. The molecule has 1 atom stereocenters. The predicted molar refractivity (Wildman–Crippen MR) is 96.6 cm³/mol. The van der Waals surface area contributed by atoms with Crippen molar-refractivity contribution in [1.82, 2.24) is 0 Å². The van der Waals surface area contributed by atoms with Crippen molar-refractivity contribution in [3.8, 4) is 5.75 Å². The van der Waals surface area contributed by atoms with Crippen molar-refractivity contribution in [2.75, 3.05) is 0 Å². The van der Waals surface area contributed by atoms with Crippen LogP contribution in [0.2, 0.25) is 18.1 Å². The Morgan fingerprint density at radius 3 is 1.96 bits per heavy atom. The van der Waals surface area contributed by atoms with Gasteiger partial charge in [-0.1, -0.05) is 76.4 Å². The standard InChI is InChI=1S/C19H28O4Si/c1-4-12-24(13-5-2,14-6-3)19(15-17(20)22-18(19)21)23-16-10-8-7-9-11-16/h7-11H,4-6,12-15H2,1-3H3. The van der Waals surface area contributed by atoms with Gasteiger partial charge in [0.25, 0.3) is 0 Å². The third kappa shape index (κ3) is 3.41. The zero-order valence-electron chi connectivity index (χ0n) is 15.0. The smallest absolute Gasteiger partial charge is 0.354 e. The van der Waals surface area contributed by atoms with E-state index in [1.54, 1.807) is 0 Å². The Kier molecular flexibility index (Phi) is 6.21. The van der Waals surface area contributed by atoms with Crippen LogP contribution in [-0.4, -0.2) is 25.2 Å². The summed E-state index contributed by atoms with van der Waals surface area (Å²) in [6.45, 7) is 6.43. The molecule has 1 saturated heterocycles. The molecule has 0 amide bonds. The van der Waals surface area contributed by atoms with Crippen LogP contribution in [0.5, 0.6) is 5.75 Å². The van der Waals surface area contributed by atoms with Crippen LogP contribution in [0.15, 0.2) is 30.3 Å². The van der Waals surface area contributed by atoms with Crippen molar-refractivity contribution in [2.45, 2.75) is 69.8 Å². The van der Waals surface area contributed by atoms with Crippen LogP contribution < -0.4 is 4.74 Å². The molecule has 0 bridgehead atoms. The molecule has 0 aliphatic carbocycles. The fourth-order valence-corrected chi connectivity index (χ4v) is 10.4. The molecule has 1 unspecified atom stereocenters. The van der Waals surface area contributed by atoms with Gasteiger partial charge in [0, 0.05) is 0 Å². The van der Waals surface area contributed by atoms with E-state index in [0.29, 0.717) is 5.75 Å². The van der Waals surface area contributed by atoms with E-state index >= 15 is 0 Å². The fourth-order valence-electron chi connectivity index (χ4n) is 4.19. The number of hydrogen-bond acceptors (Lipinski definition) is 4. The lowest BCUT2D eigenvalue weighted by molar-refractivity contribution is -0.155. The summed E-state index contributed by atoms with van der Waals surface area (Å²) in [6.07, 6.45) is 3.04. The quantitative estimate of drug-likeness (QED) is 0.375. The lowest BCUT2D eigenvalue weighted by Gasteiger charge is -2.44. The highest BCUT2D eigenvalue weighted by molar-refractivity contribution is 6.86. The maximum Gasteiger partial charge on any atom is 0.354 e. The maximum absolute atomic E-state index is 12.8. The summed E-state index contributed by atoms with van der Waals surface area (Å²) in [4.78, 5) is 24.9. The molecule has 0 N–H and O–H groups in total. The second kappa shape index (κ2) is 7.97. The van der Waals surface area contributed by atoms with Gasteiger partial charge in [0.1, 0.15) is 13.8 Å². The zero-order valence-corrected chi connectivity index (χ0v) is 16.0. The van der Waals surface area contributed by atoms with Gasteiger partial charge in [0.2, 0.25) is 5.22 Å². The maximum atomic E-state index is 12.8. The Morgan fingerprint density at radius 1 is 1.00 bits per heavy atom. The average Bonchev–Trinajstić information content (AvgIpc) is 2.84. The van der Waals surface area contributed by atoms with E-state index < -0.39 is 25.2 Å². The fraction of sp³-hybridized carbons (Fsp3) is 0.579. The van der Waals surface area contributed by atoms with E-state index in [1.165, 1.54) is 0 Å². The Hall–Kier alpha value is -1.62. The summed E-state index contributed by atoms with van der Waals surface area (Å²) >= 11 is 0. The first kappa shape index (κ1) is 18.7. The van der Waals surface area contributed by atoms with Gasteiger partial charge in [-0.25, -0.2) is 4.79 Å². The highest BCUT2D eigenvalue weighted by Gasteiger charge is 2.64. The average molecular weight is 349 g/mol. The minimum Gasteiger partial charge on any atom is -0.479 e. The molecule has 132 valence electrons. The summed E-state index contributed by atoms with van der Waals surface area (Å²) in [7, 11) is -2.22. The number of hydrogen-bond donors (Lipinski definition) is 0. The molecule has 1 heterocycles. The molecule has 1 aliphatic heterocycles.